The van der Waals surface area contributed by atoms with E-state index in [0.717, 1.165) is 11.5 Å². The summed E-state index contributed by atoms with van der Waals surface area (Å²) < 4.78 is 5.25. The van der Waals surface area contributed by atoms with Gasteiger partial charge in [0.1, 0.15) is 0 Å². The maximum Gasteiger partial charge on any atom is 0.232 e. The molecule has 2 aromatic heterocycles. The molecule has 1 fully saturated rings. The lowest BCUT2D eigenvalue weighted by molar-refractivity contribution is 0.375. The summed E-state index contributed by atoms with van der Waals surface area (Å²) in [7, 11) is 0. The average Bonchev–Trinajstić information content (AvgIpc) is 3.00. The maximum absolute atomic E-state index is 5.58. The third kappa shape index (κ3) is 2.31. The predicted octanol–water partition coefficient (Wildman–Crippen LogP) is 2.36. The van der Waals surface area contributed by atoms with Gasteiger partial charge in [0.05, 0.1) is 12.1 Å². The van der Waals surface area contributed by atoms with E-state index in [1.54, 1.807) is 0 Å². The van der Waals surface area contributed by atoms with E-state index in [4.69, 9.17) is 10.3 Å². The second-order valence-electron chi connectivity index (χ2n) is 4.38. The fraction of sp³-hybridized carbons (Fsp3) is 0.545. The fourth-order valence-corrected chi connectivity index (χ4v) is 2.81. The number of nitrogens with two attached hydrogens (primary N) is 1. The summed E-state index contributed by atoms with van der Waals surface area (Å²) in [5.74, 6) is 1.99. The summed E-state index contributed by atoms with van der Waals surface area (Å²) >= 11 is 1.43. The van der Waals surface area contributed by atoms with Crippen molar-refractivity contribution in [2.24, 2.45) is 0 Å². The first kappa shape index (κ1) is 10.7. The van der Waals surface area contributed by atoms with Gasteiger partial charge in [0, 0.05) is 11.3 Å². The largest absolute Gasteiger partial charge is 0.375 e. The van der Waals surface area contributed by atoms with Crippen LogP contribution in [-0.2, 0) is 6.42 Å². The zero-order chi connectivity index (χ0) is 11.7. The summed E-state index contributed by atoms with van der Waals surface area (Å²) in [6.07, 6.45) is 5.49. The molecule has 2 aromatic rings. The molecule has 6 heteroatoms. The number of aromatic nitrogens is 3. The number of hydrogen-bond donors (Lipinski definition) is 1. The smallest absolute Gasteiger partial charge is 0.232 e. The van der Waals surface area contributed by atoms with Gasteiger partial charge >= 0.3 is 0 Å². The number of anilines is 1. The van der Waals surface area contributed by atoms with Crippen LogP contribution < -0.4 is 5.73 Å². The van der Waals surface area contributed by atoms with Crippen molar-refractivity contribution in [2.45, 2.75) is 38.0 Å². The highest BCUT2D eigenvalue weighted by Gasteiger charge is 2.22. The van der Waals surface area contributed by atoms with Crippen LogP contribution >= 0.6 is 11.3 Å². The summed E-state index contributed by atoms with van der Waals surface area (Å²) in [6.45, 7) is 0. The van der Waals surface area contributed by atoms with Crippen LogP contribution in [0.25, 0.3) is 0 Å². The van der Waals surface area contributed by atoms with E-state index < -0.39 is 0 Å². The van der Waals surface area contributed by atoms with Crippen molar-refractivity contribution in [1.29, 1.82) is 0 Å². The second-order valence-corrected chi connectivity index (χ2v) is 5.27. The summed E-state index contributed by atoms with van der Waals surface area (Å²) in [5, 5.41) is 6.56. The van der Waals surface area contributed by atoms with Gasteiger partial charge < -0.3 is 10.3 Å². The molecule has 1 aliphatic rings. The van der Waals surface area contributed by atoms with Crippen LogP contribution in [-0.4, -0.2) is 15.1 Å². The summed E-state index contributed by atoms with van der Waals surface area (Å²) in [6, 6.07) is 0. The van der Waals surface area contributed by atoms with E-state index >= 15 is 0 Å². The van der Waals surface area contributed by atoms with E-state index in [0.29, 0.717) is 23.4 Å². The first-order valence-electron chi connectivity index (χ1n) is 5.83. The molecule has 0 amide bonds. The lowest BCUT2D eigenvalue weighted by atomic mass is 10.1. The molecule has 0 radical (unpaired) electrons. The van der Waals surface area contributed by atoms with E-state index in [-0.39, 0.29) is 0 Å². The molecule has 0 unspecified atom stereocenters. The third-order valence-corrected chi connectivity index (χ3v) is 3.83. The number of thiazole rings is 1. The minimum Gasteiger partial charge on any atom is -0.375 e. The Morgan fingerprint density at radius 3 is 2.88 bits per heavy atom. The monoisotopic (exact) mass is 250 g/mol. The topological polar surface area (TPSA) is 77.8 Å². The molecule has 2 N–H and O–H groups in total. The quantitative estimate of drug-likeness (QED) is 0.904. The van der Waals surface area contributed by atoms with Crippen LogP contribution in [0.15, 0.2) is 9.90 Å². The van der Waals surface area contributed by atoms with Crippen molar-refractivity contribution < 1.29 is 4.52 Å². The van der Waals surface area contributed by atoms with Crippen LogP contribution in [0.3, 0.4) is 0 Å². The molecular weight excluding hydrogens is 236 g/mol. The molecule has 2 heterocycles. The molecular formula is C11H14N4OS. The van der Waals surface area contributed by atoms with Gasteiger partial charge in [-0.2, -0.15) is 4.98 Å². The number of rotatable bonds is 3. The molecule has 0 aromatic carbocycles. The standard InChI is InChI=1S/C11H14N4OS/c12-11-13-8(6-17-11)5-9-14-10(15-16-9)7-3-1-2-4-7/h6-7H,1-5H2,(H2,12,13). The molecule has 0 saturated heterocycles. The molecule has 0 aliphatic heterocycles. The number of nitrogens with zero attached hydrogens (tertiary/aromatic N) is 3. The molecule has 90 valence electrons. The van der Waals surface area contributed by atoms with E-state index in [1.165, 1.54) is 37.0 Å². The fourth-order valence-electron chi connectivity index (χ4n) is 2.25. The molecule has 17 heavy (non-hydrogen) atoms. The van der Waals surface area contributed by atoms with Gasteiger partial charge in [-0.25, -0.2) is 4.98 Å². The Kier molecular flexibility index (Phi) is 2.80. The minimum atomic E-state index is 0.494. The maximum atomic E-state index is 5.58. The van der Waals surface area contributed by atoms with Crippen LogP contribution in [0.2, 0.25) is 0 Å². The van der Waals surface area contributed by atoms with Gasteiger partial charge in [-0.3, -0.25) is 0 Å². The van der Waals surface area contributed by atoms with Crippen LogP contribution in [0.5, 0.6) is 0 Å². The lowest BCUT2D eigenvalue weighted by Crippen LogP contribution is -1.96. The van der Waals surface area contributed by atoms with Crippen LogP contribution in [0.4, 0.5) is 5.13 Å². The zero-order valence-electron chi connectivity index (χ0n) is 9.43. The van der Waals surface area contributed by atoms with Gasteiger partial charge in [0.2, 0.25) is 5.89 Å². The minimum absolute atomic E-state index is 0.494. The Labute approximate surface area is 103 Å². The van der Waals surface area contributed by atoms with Gasteiger partial charge in [0.15, 0.2) is 11.0 Å². The normalized spacial score (nSPS) is 16.7. The van der Waals surface area contributed by atoms with Crippen molar-refractivity contribution in [3.63, 3.8) is 0 Å². The Hall–Kier alpha value is -1.43. The van der Waals surface area contributed by atoms with E-state index in [2.05, 4.69) is 15.1 Å². The highest BCUT2D eigenvalue weighted by Crippen LogP contribution is 2.32. The summed E-state index contributed by atoms with van der Waals surface area (Å²) in [4.78, 5) is 8.62. The molecule has 1 aliphatic carbocycles. The molecule has 0 bridgehead atoms. The lowest BCUT2D eigenvalue weighted by Gasteiger charge is -1.99. The van der Waals surface area contributed by atoms with Crippen molar-refractivity contribution in [3.05, 3.63) is 22.8 Å². The second kappa shape index (κ2) is 4.44. The average molecular weight is 250 g/mol. The predicted molar refractivity (Wildman–Crippen MR) is 64.8 cm³/mol. The zero-order valence-corrected chi connectivity index (χ0v) is 10.2. The van der Waals surface area contributed by atoms with E-state index in [9.17, 15) is 0 Å². The molecule has 5 nitrogen and oxygen atoms in total. The number of nitrogen functional groups attached to an aromatic ring is 1. The van der Waals surface area contributed by atoms with E-state index in [1.807, 2.05) is 5.38 Å². The molecule has 3 rings (SSSR count). The Balaban J connectivity index is 1.71. The van der Waals surface area contributed by atoms with Crippen molar-refractivity contribution in [3.8, 4) is 0 Å². The highest BCUT2D eigenvalue weighted by atomic mass is 32.1. The third-order valence-electron chi connectivity index (χ3n) is 3.11. The summed E-state index contributed by atoms with van der Waals surface area (Å²) in [5.41, 5.74) is 6.48. The highest BCUT2D eigenvalue weighted by molar-refractivity contribution is 7.13. The van der Waals surface area contributed by atoms with Gasteiger partial charge in [-0.15, -0.1) is 11.3 Å². The Bertz CT molecular complexity index is 501. The van der Waals surface area contributed by atoms with Crippen LogP contribution in [0, 0.1) is 0 Å². The number of hydrogen-bond acceptors (Lipinski definition) is 6. The van der Waals surface area contributed by atoms with Crippen LogP contribution in [0.1, 0.15) is 49.0 Å². The molecule has 1 saturated carbocycles. The molecule has 0 atom stereocenters. The molecule has 0 spiro atoms. The van der Waals surface area contributed by atoms with Gasteiger partial charge in [-0.1, -0.05) is 18.0 Å². The Morgan fingerprint density at radius 1 is 1.35 bits per heavy atom. The van der Waals surface area contributed by atoms with Crippen molar-refractivity contribution >= 4 is 16.5 Å². The Morgan fingerprint density at radius 2 is 2.18 bits per heavy atom. The first-order valence-corrected chi connectivity index (χ1v) is 6.71. The van der Waals surface area contributed by atoms with Gasteiger partial charge in [0.25, 0.3) is 0 Å². The SMILES string of the molecule is Nc1nc(Cc2nc(C3CCCC3)no2)cs1. The first-order chi connectivity index (χ1) is 8.31. The van der Waals surface area contributed by atoms with Gasteiger partial charge in [-0.05, 0) is 12.8 Å². The van der Waals surface area contributed by atoms with Crippen molar-refractivity contribution in [1.82, 2.24) is 15.1 Å². The van der Waals surface area contributed by atoms with Crippen molar-refractivity contribution in [2.75, 3.05) is 5.73 Å².